The van der Waals surface area contributed by atoms with Crippen LogP contribution in [0.15, 0.2) is 0 Å². The fraction of sp³-hybridized carbons (Fsp3) is 0.875. The first kappa shape index (κ1) is 8.91. The van der Waals surface area contributed by atoms with Crippen molar-refractivity contribution < 1.29 is 9.90 Å². The zero-order valence-corrected chi connectivity index (χ0v) is 7.94. The van der Waals surface area contributed by atoms with Gasteiger partial charge in [0.2, 0.25) is 0 Å². The Morgan fingerprint density at radius 3 is 2.45 bits per heavy atom. The Morgan fingerprint density at radius 1 is 1.64 bits per heavy atom. The molecular weight excluding hydrogens is 160 g/mol. The monoisotopic (exact) mass is 174 g/mol. The van der Waals surface area contributed by atoms with Crippen molar-refractivity contribution in [3.05, 3.63) is 0 Å². The lowest BCUT2D eigenvalue weighted by Gasteiger charge is -1.98. The van der Waals surface area contributed by atoms with E-state index in [1.54, 1.807) is 11.8 Å². The molecule has 1 saturated carbocycles. The Kier molecular flexibility index (Phi) is 2.19. The summed E-state index contributed by atoms with van der Waals surface area (Å²) in [5.74, 6) is 0.628. The Hall–Kier alpha value is -0.180. The van der Waals surface area contributed by atoms with E-state index in [9.17, 15) is 4.79 Å². The minimum absolute atomic E-state index is 0.0366. The fourth-order valence-corrected chi connectivity index (χ4v) is 2.71. The topological polar surface area (TPSA) is 37.3 Å². The van der Waals surface area contributed by atoms with E-state index in [2.05, 4.69) is 0 Å². The van der Waals surface area contributed by atoms with Gasteiger partial charge in [-0.2, -0.15) is 11.8 Å². The lowest BCUT2D eigenvalue weighted by atomic mass is 10.1. The number of hydrogen-bond acceptors (Lipinski definition) is 2. The van der Waals surface area contributed by atoms with Crippen molar-refractivity contribution in [2.24, 2.45) is 17.3 Å². The third kappa shape index (κ3) is 1.39. The van der Waals surface area contributed by atoms with Gasteiger partial charge in [-0.1, -0.05) is 13.8 Å². The zero-order chi connectivity index (χ0) is 8.65. The highest BCUT2D eigenvalue weighted by Gasteiger charge is 2.61. The largest absolute Gasteiger partial charge is 0.481 e. The highest BCUT2D eigenvalue weighted by Crippen LogP contribution is 2.59. The molecule has 1 aliphatic carbocycles. The molecule has 0 saturated heterocycles. The van der Waals surface area contributed by atoms with Crippen molar-refractivity contribution in [3.63, 3.8) is 0 Å². The number of hydrogen-bond donors (Lipinski definition) is 1. The number of thioether (sulfide) groups is 1. The van der Waals surface area contributed by atoms with Crippen LogP contribution in [0.3, 0.4) is 0 Å². The van der Waals surface area contributed by atoms with Crippen LogP contribution in [-0.4, -0.2) is 23.1 Å². The van der Waals surface area contributed by atoms with Crippen molar-refractivity contribution in [2.75, 3.05) is 12.0 Å². The Bertz CT molecular complexity index is 177. The normalized spacial score (nSPS) is 33.4. The van der Waals surface area contributed by atoms with Crippen LogP contribution in [-0.2, 0) is 4.79 Å². The molecule has 0 aromatic rings. The van der Waals surface area contributed by atoms with Crippen LogP contribution < -0.4 is 0 Å². The van der Waals surface area contributed by atoms with E-state index >= 15 is 0 Å². The molecule has 0 aliphatic heterocycles. The highest BCUT2D eigenvalue weighted by molar-refractivity contribution is 7.98. The molecule has 2 nitrogen and oxygen atoms in total. The van der Waals surface area contributed by atoms with Gasteiger partial charge in [0.15, 0.2) is 0 Å². The maximum absolute atomic E-state index is 10.7. The summed E-state index contributed by atoms with van der Waals surface area (Å²) in [5.41, 5.74) is 0.0366. The van der Waals surface area contributed by atoms with Crippen molar-refractivity contribution >= 4 is 17.7 Å². The van der Waals surface area contributed by atoms with E-state index in [1.165, 1.54) is 0 Å². The molecule has 3 heteroatoms. The molecular formula is C8H14O2S. The first-order valence-electron chi connectivity index (χ1n) is 3.73. The summed E-state index contributed by atoms with van der Waals surface area (Å²) in [6.45, 7) is 4.07. The lowest BCUT2D eigenvalue weighted by molar-refractivity contribution is -0.139. The predicted molar refractivity (Wildman–Crippen MR) is 46.8 cm³/mol. The number of rotatable bonds is 3. The first-order valence-corrected chi connectivity index (χ1v) is 5.13. The van der Waals surface area contributed by atoms with E-state index in [0.29, 0.717) is 5.92 Å². The van der Waals surface area contributed by atoms with Gasteiger partial charge in [0.05, 0.1) is 5.92 Å². The lowest BCUT2D eigenvalue weighted by Crippen LogP contribution is -2.03. The quantitative estimate of drug-likeness (QED) is 0.707. The van der Waals surface area contributed by atoms with Crippen LogP contribution in [0, 0.1) is 17.3 Å². The maximum atomic E-state index is 10.7. The molecule has 0 aromatic carbocycles. The third-order valence-electron chi connectivity index (χ3n) is 2.66. The standard InChI is InChI=1S/C8H14O2S/c1-8(2)5(4-11-3)6(8)7(9)10/h5-6H,4H2,1-3H3,(H,9,10)/t5-,6-/m0/s1. The Morgan fingerprint density at radius 2 is 2.18 bits per heavy atom. The Labute approximate surface area is 71.4 Å². The molecule has 2 atom stereocenters. The highest BCUT2D eigenvalue weighted by atomic mass is 32.2. The molecule has 0 spiro atoms. The molecule has 1 aliphatic rings. The van der Waals surface area contributed by atoms with Crippen molar-refractivity contribution in [3.8, 4) is 0 Å². The molecule has 1 rings (SSSR count). The van der Waals surface area contributed by atoms with E-state index in [1.807, 2.05) is 20.1 Å². The summed E-state index contributed by atoms with van der Waals surface area (Å²) < 4.78 is 0. The number of carboxylic acid groups (broad SMARTS) is 1. The minimum atomic E-state index is -0.631. The number of aliphatic carboxylic acids is 1. The van der Waals surface area contributed by atoms with E-state index in [0.717, 1.165) is 5.75 Å². The van der Waals surface area contributed by atoms with Crippen LogP contribution in [0.2, 0.25) is 0 Å². The molecule has 0 bridgehead atoms. The average Bonchev–Trinajstić information content (AvgIpc) is 2.35. The molecule has 64 valence electrons. The second kappa shape index (κ2) is 2.70. The zero-order valence-electron chi connectivity index (χ0n) is 7.13. The Balaban J connectivity index is 2.53. The molecule has 0 unspecified atom stereocenters. The van der Waals surface area contributed by atoms with Crippen molar-refractivity contribution in [1.29, 1.82) is 0 Å². The fourth-order valence-electron chi connectivity index (χ4n) is 1.73. The van der Waals surface area contributed by atoms with Gasteiger partial charge in [0.25, 0.3) is 0 Å². The first-order chi connectivity index (χ1) is 5.01. The molecule has 11 heavy (non-hydrogen) atoms. The maximum Gasteiger partial charge on any atom is 0.307 e. The average molecular weight is 174 g/mol. The molecule has 1 fully saturated rings. The van der Waals surface area contributed by atoms with Gasteiger partial charge in [-0.3, -0.25) is 4.79 Å². The number of carbonyl (C=O) groups is 1. The molecule has 0 amide bonds. The predicted octanol–water partition coefficient (Wildman–Crippen LogP) is 1.71. The molecule has 0 radical (unpaired) electrons. The van der Waals surface area contributed by atoms with E-state index in [4.69, 9.17) is 5.11 Å². The van der Waals surface area contributed by atoms with Gasteiger partial charge in [-0.05, 0) is 23.3 Å². The van der Waals surface area contributed by atoms with Crippen LogP contribution in [0.4, 0.5) is 0 Å². The van der Waals surface area contributed by atoms with Gasteiger partial charge >= 0.3 is 5.97 Å². The number of carboxylic acids is 1. The minimum Gasteiger partial charge on any atom is -0.481 e. The SMILES string of the molecule is CSC[C@H]1[C@@H](C(=O)O)C1(C)C. The van der Waals surface area contributed by atoms with Crippen molar-refractivity contribution in [1.82, 2.24) is 0 Å². The summed E-state index contributed by atoms with van der Waals surface area (Å²) in [6.07, 6.45) is 2.02. The summed E-state index contributed by atoms with van der Waals surface area (Å²) >= 11 is 1.73. The second-order valence-electron chi connectivity index (χ2n) is 3.70. The van der Waals surface area contributed by atoms with Gasteiger partial charge in [-0.15, -0.1) is 0 Å². The van der Waals surface area contributed by atoms with E-state index in [-0.39, 0.29) is 11.3 Å². The smallest absolute Gasteiger partial charge is 0.307 e. The van der Waals surface area contributed by atoms with Gasteiger partial charge in [0, 0.05) is 0 Å². The van der Waals surface area contributed by atoms with Crippen LogP contribution in [0.5, 0.6) is 0 Å². The van der Waals surface area contributed by atoms with Gasteiger partial charge < -0.3 is 5.11 Å². The summed E-state index contributed by atoms with van der Waals surface area (Å²) in [6, 6.07) is 0. The van der Waals surface area contributed by atoms with Gasteiger partial charge in [-0.25, -0.2) is 0 Å². The van der Waals surface area contributed by atoms with Crippen LogP contribution >= 0.6 is 11.8 Å². The molecule has 0 heterocycles. The van der Waals surface area contributed by atoms with E-state index < -0.39 is 5.97 Å². The summed E-state index contributed by atoms with van der Waals surface area (Å²) in [4.78, 5) is 10.7. The van der Waals surface area contributed by atoms with Crippen molar-refractivity contribution in [2.45, 2.75) is 13.8 Å². The molecule has 1 N–H and O–H groups in total. The van der Waals surface area contributed by atoms with Crippen LogP contribution in [0.25, 0.3) is 0 Å². The van der Waals surface area contributed by atoms with Crippen LogP contribution in [0.1, 0.15) is 13.8 Å². The van der Waals surface area contributed by atoms with Gasteiger partial charge in [0.1, 0.15) is 0 Å². The summed E-state index contributed by atoms with van der Waals surface area (Å²) in [5, 5.41) is 8.78. The molecule has 0 aromatic heterocycles. The second-order valence-corrected chi connectivity index (χ2v) is 4.61. The third-order valence-corrected chi connectivity index (χ3v) is 3.36. The summed E-state index contributed by atoms with van der Waals surface area (Å²) in [7, 11) is 0.